The molecule has 0 aliphatic heterocycles. The minimum Gasteiger partial charge on any atom is -0.462 e. The maximum absolute atomic E-state index is 11.4. The van der Waals surface area contributed by atoms with E-state index in [-0.39, 0.29) is 12.0 Å². The highest BCUT2D eigenvalue weighted by Gasteiger charge is 2.10. The highest BCUT2D eigenvalue weighted by molar-refractivity contribution is 5.94. The smallest absolute Gasteiger partial charge is 0.333 e. The number of hydrogen-bond donors (Lipinski definition) is 1. The summed E-state index contributed by atoms with van der Waals surface area (Å²) in [5.74, 6) is -1.07. The van der Waals surface area contributed by atoms with Crippen LogP contribution >= 0.6 is 0 Å². The molecule has 2 N–H and O–H groups in total. The Hall–Kier alpha value is -1.32. The molecule has 0 saturated carbocycles. The summed E-state index contributed by atoms with van der Waals surface area (Å²) in [5.41, 5.74) is 5.12. The van der Waals surface area contributed by atoms with Gasteiger partial charge in [-0.25, -0.2) is 4.79 Å². The van der Waals surface area contributed by atoms with Crippen LogP contribution in [0.2, 0.25) is 0 Å². The van der Waals surface area contributed by atoms with Gasteiger partial charge in [0.1, 0.15) is 0 Å². The second kappa shape index (κ2) is 13.7. The molecular weight excluding hydrogens is 266 g/mol. The van der Waals surface area contributed by atoms with E-state index in [4.69, 9.17) is 10.5 Å². The van der Waals surface area contributed by atoms with Crippen LogP contribution in [0, 0.1) is 0 Å². The normalized spacial score (nSPS) is 10.3. The number of rotatable bonds is 14. The maximum Gasteiger partial charge on any atom is 0.333 e. The molecule has 0 heterocycles. The van der Waals surface area contributed by atoms with Gasteiger partial charge in [0.05, 0.1) is 13.0 Å². The molecule has 0 rings (SSSR count). The van der Waals surface area contributed by atoms with Crippen molar-refractivity contribution >= 4 is 11.9 Å². The molecule has 122 valence electrons. The zero-order valence-corrected chi connectivity index (χ0v) is 13.5. The first-order valence-corrected chi connectivity index (χ1v) is 8.21. The van der Waals surface area contributed by atoms with Crippen molar-refractivity contribution in [1.29, 1.82) is 0 Å². The Kier molecular flexibility index (Phi) is 12.8. The Bertz CT molecular complexity index is 313. The van der Waals surface area contributed by atoms with E-state index >= 15 is 0 Å². The van der Waals surface area contributed by atoms with E-state index in [0.29, 0.717) is 6.61 Å². The van der Waals surface area contributed by atoms with Crippen LogP contribution in [0.4, 0.5) is 0 Å². The summed E-state index contributed by atoms with van der Waals surface area (Å²) >= 11 is 0. The quantitative estimate of drug-likeness (QED) is 0.300. The van der Waals surface area contributed by atoms with Crippen molar-refractivity contribution in [3.05, 3.63) is 12.2 Å². The Morgan fingerprint density at radius 3 is 1.86 bits per heavy atom. The van der Waals surface area contributed by atoms with Crippen molar-refractivity contribution in [2.24, 2.45) is 5.73 Å². The molecule has 0 aromatic rings. The summed E-state index contributed by atoms with van der Waals surface area (Å²) in [6.07, 6.45) is 12.3. The molecule has 0 spiro atoms. The van der Waals surface area contributed by atoms with Crippen LogP contribution in [0.3, 0.4) is 0 Å². The van der Waals surface area contributed by atoms with E-state index < -0.39 is 11.9 Å². The van der Waals surface area contributed by atoms with E-state index in [1.165, 1.54) is 51.4 Å². The van der Waals surface area contributed by atoms with Crippen molar-refractivity contribution < 1.29 is 14.3 Å². The SMILES string of the molecule is C=C(CC(N)=O)C(=O)OCCCCCCCCCCCC. The predicted molar refractivity (Wildman–Crippen MR) is 85.8 cm³/mol. The average Bonchev–Trinajstić information content (AvgIpc) is 2.43. The Morgan fingerprint density at radius 2 is 1.38 bits per heavy atom. The second-order valence-corrected chi connectivity index (χ2v) is 5.56. The lowest BCUT2D eigenvalue weighted by atomic mass is 10.1. The fourth-order valence-corrected chi connectivity index (χ4v) is 2.14. The third-order valence-electron chi connectivity index (χ3n) is 3.41. The molecule has 21 heavy (non-hydrogen) atoms. The van der Waals surface area contributed by atoms with Crippen LogP contribution in [0.5, 0.6) is 0 Å². The fraction of sp³-hybridized carbons (Fsp3) is 0.765. The second-order valence-electron chi connectivity index (χ2n) is 5.56. The number of hydrogen-bond acceptors (Lipinski definition) is 3. The van der Waals surface area contributed by atoms with Gasteiger partial charge < -0.3 is 10.5 Å². The van der Waals surface area contributed by atoms with Crippen molar-refractivity contribution in [2.45, 2.75) is 77.6 Å². The molecule has 0 bridgehead atoms. The number of carbonyl (C=O) groups excluding carboxylic acids is 2. The lowest BCUT2D eigenvalue weighted by molar-refractivity contribution is -0.140. The first-order chi connectivity index (χ1) is 10.1. The van der Waals surface area contributed by atoms with Gasteiger partial charge in [-0.1, -0.05) is 71.3 Å². The standard InChI is InChI=1S/C17H31NO3/c1-3-4-5-6-7-8-9-10-11-12-13-21-17(20)15(2)14-16(18)19/h2-14H2,1H3,(H2,18,19). The zero-order chi connectivity index (χ0) is 15.9. The topological polar surface area (TPSA) is 69.4 Å². The van der Waals surface area contributed by atoms with Crippen LogP contribution in [0.15, 0.2) is 12.2 Å². The van der Waals surface area contributed by atoms with Gasteiger partial charge in [-0.05, 0) is 6.42 Å². The van der Waals surface area contributed by atoms with Gasteiger partial charge in [0.25, 0.3) is 0 Å². The van der Waals surface area contributed by atoms with E-state index in [2.05, 4.69) is 13.5 Å². The predicted octanol–water partition coefficient (Wildman–Crippen LogP) is 3.88. The first kappa shape index (κ1) is 19.7. The molecule has 0 saturated heterocycles. The first-order valence-electron chi connectivity index (χ1n) is 8.21. The number of ether oxygens (including phenoxy) is 1. The summed E-state index contributed by atoms with van der Waals surface area (Å²) in [4.78, 5) is 22.0. The van der Waals surface area contributed by atoms with Gasteiger partial charge >= 0.3 is 5.97 Å². The molecule has 4 nitrogen and oxygen atoms in total. The molecule has 0 atom stereocenters. The molecule has 4 heteroatoms. The highest BCUT2D eigenvalue weighted by atomic mass is 16.5. The van der Waals surface area contributed by atoms with Crippen LogP contribution in [0.1, 0.15) is 77.6 Å². The third-order valence-corrected chi connectivity index (χ3v) is 3.41. The number of esters is 1. The average molecular weight is 297 g/mol. The Labute approximate surface area is 129 Å². The molecular formula is C17H31NO3. The summed E-state index contributed by atoms with van der Waals surface area (Å²) in [6.45, 7) is 6.12. The maximum atomic E-state index is 11.4. The van der Waals surface area contributed by atoms with Crippen LogP contribution < -0.4 is 5.73 Å². The largest absolute Gasteiger partial charge is 0.462 e. The summed E-state index contributed by atoms with van der Waals surface area (Å²) in [7, 11) is 0. The van der Waals surface area contributed by atoms with Crippen molar-refractivity contribution in [3.8, 4) is 0 Å². The molecule has 0 unspecified atom stereocenters. The van der Waals surface area contributed by atoms with E-state index in [0.717, 1.165) is 12.8 Å². The van der Waals surface area contributed by atoms with Crippen molar-refractivity contribution in [2.75, 3.05) is 6.61 Å². The molecule has 0 aliphatic carbocycles. The molecule has 0 aromatic carbocycles. The lowest BCUT2D eigenvalue weighted by Crippen LogP contribution is -2.16. The van der Waals surface area contributed by atoms with Crippen LogP contribution in [-0.4, -0.2) is 18.5 Å². The van der Waals surface area contributed by atoms with Crippen molar-refractivity contribution in [3.63, 3.8) is 0 Å². The number of carbonyl (C=O) groups is 2. The minimum atomic E-state index is -0.559. The van der Waals surface area contributed by atoms with Gasteiger partial charge in [-0.15, -0.1) is 0 Å². The third kappa shape index (κ3) is 13.4. The number of unbranched alkanes of at least 4 members (excludes halogenated alkanes) is 9. The number of nitrogens with two attached hydrogens (primary N) is 1. The number of primary amides is 1. The van der Waals surface area contributed by atoms with Gasteiger partial charge in [-0.2, -0.15) is 0 Å². The molecule has 0 aromatic heterocycles. The molecule has 0 radical (unpaired) electrons. The lowest BCUT2D eigenvalue weighted by Gasteiger charge is -2.06. The van der Waals surface area contributed by atoms with E-state index in [1.807, 2.05) is 0 Å². The van der Waals surface area contributed by atoms with E-state index in [9.17, 15) is 9.59 Å². The summed E-state index contributed by atoms with van der Waals surface area (Å²) in [6, 6.07) is 0. The molecule has 0 aliphatic rings. The zero-order valence-electron chi connectivity index (χ0n) is 13.5. The van der Waals surface area contributed by atoms with Gasteiger partial charge in [0.15, 0.2) is 0 Å². The van der Waals surface area contributed by atoms with Crippen LogP contribution in [-0.2, 0) is 14.3 Å². The summed E-state index contributed by atoms with van der Waals surface area (Å²) < 4.78 is 5.03. The van der Waals surface area contributed by atoms with Gasteiger partial charge in [0, 0.05) is 5.57 Å². The highest BCUT2D eigenvalue weighted by Crippen LogP contribution is 2.10. The van der Waals surface area contributed by atoms with Gasteiger partial charge in [0.2, 0.25) is 5.91 Å². The number of amides is 1. The van der Waals surface area contributed by atoms with Crippen LogP contribution in [0.25, 0.3) is 0 Å². The minimum absolute atomic E-state index is 0.128. The van der Waals surface area contributed by atoms with E-state index in [1.54, 1.807) is 0 Å². The van der Waals surface area contributed by atoms with Gasteiger partial charge in [-0.3, -0.25) is 4.79 Å². The van der Waals surface area contributed by atoms with Crippen molar-refractivity contribution in [1.82, 2.24) is 0 Å². The Balaban J connectivity index is 3.30. The summed E-state index contributed by atoms with van der Waals surface area (Å²) in [5, 5.41) is 0. The molecule has 0 fully saturated rings. The Morgan fingerprint density at radius 1 is 0.905 bits per heavy atom. The molecule has 1 amide bonds. The monoisotopic (exact) mass is 297 g/mol. The fourth-order valence-electron chi connectivity index (χ4n) is 2.14.